The van der Waals surface area contributed by atoms with E-state index in [1.54, 1.807) is 24.4 Å². The number of hydrogen-bond donors (Lipinski definition) is 2. The summed E-state index contributed by atoms with van der Waals surface area (Å²) in [4.78, 5) is 4.32. The third-order valence-electron chi connectivity index (χ3n) is 3.78. The summed E-state index contributed by atoms with van der Waals surface area (Å²) in [5, 5.41) is 4.77. The molecule has 3 rings (SSSR count). The second-order valence-electron chi connectivity index (χ2n) is 5.65. The molecule has 0 amide bonds. The summed E-state index contributed by atoms with van der Waals surface area (Å²) in [5.41, 5.74) is 1.51. The van der Waals surface area contributed by atoms with Crippen LogP contribution in [-0.2, 0) is 16.6 Å². The molecule has 0 radical (unpaired) electrons. The smallest absolute Gasteiger partial charge is 0.241 e. The highest BCUT2D eigenvalue weighted by Crippen LogP contribution is 2.27. The number of benzene rings is 2. The van der Waals surface area contributed by atoms with Crippen LogP contribution < -0.4 is 10.0 Å². The minimum absolute atomic E-state index is 0.167. The van der Waals surface area contributed by atoms with Crippen LogP contribution in [0.15, 0.2) is 59.6 Å². The van der Waals surface area contributed by atoms with Gasteiger partial charge in [-0.1, -0.05) is 35.3 Å². The summed E-state index contributed by atoms with van der Waals surface area (Å²) in [6.07, 6.45) is 1.58. The average Bonchev–Trinajstić information content (AvgIpc) is 2.62. The zero-order chi connectivity index (χ0) is 18.6. The van der Waals surface area contributed by atoms with E-state index in [2.05, 4.69) is 15.0 Å². The van der Waals surface area contributed by atoms with Crippen LogP contribution in [0, 0.1) is 0 Å². The second kappa shape index (κ2) is 8.33. The van der Waals surface area contributed by atoms with E-state index in [0.29, 0.717) is 34.0 Å². The fourth-order valence-electron chi connectivity index (χ4n) is 2.58. The van der Waals surface area contributed by atoms with Crippen molar-refractivity contribution in [2.24, 2.45) is 0 Å². The van der Waals surface area contributed by atoms with Gasteiger partial charge in [-0.15, -0.1) is 0 Å². The van der Waals surface area contributed by atoms with E-state index in [1.807, 2.05) is 24.3 Å². The second-order valence-corrected chi connectivity index (χ2v) is 8.23. The maximum absolute atomic E-state index is 12.6. The lowest BCUT2D eigenvalue weighted by molar-refractivity contribution is 0.576. The number of nitrogens with zero attached hydrogens (tertiary/aromatic N) is 1. The van der Waals surface area contributed by atoms with Gasteiger partial charge in [0.05, 0.1) is 15.4 Å². The quantitative estimate of drug-likeness (QED) is 0.584. The Labute approximate surface area is 162 Å². The van der Waals surface area contributed by atoms with Crippen LogP contribution in [0.3, 0.4) is 0 Å². The Morgan fingerprint density at radius 3 is 2.65 bits per heavy atom. The van der Waals surface area contributed by atoms with Gasteiger partial charge in [-0.05, 0) is 42.0 Å². The molecule has 0 aliphatic carbocycles. The van der Waals surface area contributed by atoms with Gasteiger partial charge in [0.1, 0.15) is 0 Å². The van der Waals surface area contributed by atoms with Crippen molar-refractivity contribution in [3.63, 3.8) is 0 Å². The van der Waals surface area contributed by atoms with Gasteiger partial charge in [0.2, 0.25) is 10.0 Å². The number of fused-ring (bicyclic) bond motifs is 1. The van der Waals surface area contributed by atoms with Gasteiger partial charge in [0.25, 0.3) is 0 Å². The molecule has 0 fully saturated rings. The zero-order valence-corrected chi connectivity index (χ0v) is 16.1. The minimum atomic E-state index is -3.67. The molecule has 0 saturated heterocycles. The normalized spacial score (nSPS) is 11.8. The van der Waals surface area contributed by atoms with Crippen molar-refractivity contribution in [1.29, 1.82) is 0 Å². The monoisotopic (exact) mass is 409 g/mol. The summed E-state index contributed by atoms with van der Waals surface area (Å²) < 4.78 is 27.8. The molecule has 136 valence electrons. The van der Waals surface area contributed by atoms with Gasteiger partial charge >= 0.3 is 0 Å². The standard InChI is InChI=1S/C18H17Cl2N3O2S/c19-14-4-1-3-13(11-14)12-21-9-10-23-26(24,25)17-7-6-16(20)18-15(17)5-2-8-22-18/h1-8,11,21,23H,9-10,12H2. The lowest BCUT2D eigenvalue weighted by atomic mass is 10.2. The summed E-state index contributed by atoms with van der Waals surface area (Å²) in [7, 11) is -3.67. The van der Waals surface area contributed by atoms with Crippen LogP contribution >= 0.6 is 23.2 Å². The summed E-state index contributed by atoms with van der Waals surface area (Å²) >= 11 is 12.0. The topological polar surface area (TPSA) is 71.1 Å². The van der Waals surface area contributed by atoms with Crippen molar-refractivity contribution >= 4 is 44.1 Å². The largest absolute Gasteiger partial charge is 0.311 e. The Kier molecular flexibility index (Phi) is 6.11. The van der Waals surface area contributed by atoms with Gasteiger partial charge in [-0.3, -0.25) is 4.98 Å². The summed E-state index contributed by atoms with van der Waals surface area (Å²) in [6, 6.07) is 13.9. The fourth-order valence-corrected chi connectivity index (χ4v) is 4.23. The lowest BCUT2D eigenvalue weighted by Crippen LogP contribution is -2.31. The van der Waals surface area contributed by atoms with Crippen molar-refractivity contribution in [2.45, 2.75) is 11.4 Å². The number of sulfonamides is 1. The third-order valence-corrected chi connectivity index (χ3v) is 5.84. The predicted octanol–water partition coefficient (Wildman–Crippen LogP) is 3.61. The number of halogens is 2. The van der Waals surface area contributed by atoms with E-state index in [9.17, 15) is 8.42 Å². The summed E-state index contributed by atoms with van der Waals surface area (Å²) in [6.45, 7) is 1.35. The first-order chi connectivity index (χ1) is 12.5. The molecule has 1 aromatic heterocycles. The number of rotatable bonds is 7. The Bertz CT molecular complexity index is 1030. The molecule has 3 aromatic rings. The number of nitrogens with one attached hydrogen (secondary N) is 2. The van der Waals surface area contributed by atoms with Crippen LogP contribution in [0.1, 0.15) is 5.56 Å². The fraction of sp³-hybridized carbons (Fsp3) is 0.167. The maximum atomic E-state index is 12.6. The van der Waals surface area contributed by atoms with Crippen LogP contribution in [0.2, 0.25) is 10.0 Å². The highest BCUT2D eigenvalue weighted by Gasteiger charge is 2.18. The van der Waals surface area contributed by atoms with Crippen molar-refractivity contribution in [3.8, 4) is 0 Å². The maximum Gasteiger partial charge on any atom is 0.241 e. The molecular formula is C18H17Cl2N3O2S. The van der Waals surface area contributed by atoms with E-state index in [4.69, 9.17) is 23.2 Å². The number of pyridine rings is 1. The van der Waals surface area contributed by atoms with Crippen molar-refractivity contribution < 1.29 is 8.42 Å². The first kappa shape index (κ1) is 19.1. The zero-order valence-electron chi connectivity index (χ0n) is 13.7. The van der Waals surface area contributed by atoms with E-state index in [0.717, 1.165) is 5.56 Å². The molecule has 0 unspecified atom stereocenters. The third kappa shape index (κ3) is 4.52. The SMILES string of the molecule is O=S(=O)(NCCNCc1cccc(Cl)c1)c1ccc(Cl)c2ncccc12. The van der Waals surface area contributed by atoms with Gasteiger partial charge in [-0.25, -0.2) is 13.1 Å². The lowest BCUT2D eigenvalue weighted by Gasteiger charge is -2.11. The molecule has 0 aliphatic heterocycles. The first-order valence-electron chi connectivity index (χ1n) is 7.95. The van der Waals surface area contributed by atoms with Gasteiger partial charge in [0.15, 0.2) is 0 Å². The average molecular weight is 410 g/mol. The van der Waals surface area contributed by atoms with E-state index in [1.165, 1.54) is 6.07 Å². The molecule has 1 heterocycles. The van der Waals surface area contributed by atoms with Crippen molar-refractivity contribution in [1.82, 2.24) is 15.0 Å². The molecule has 26 heavy (non-hydrogen) atoms. The van der Waals surface area contributed by atoms with Crippen molar-refractivity contribution in [2.75, 3.05) is 13.1 Å². The van der Waals surface area contributed by atoms with Crippen LogP contribution in [0.25, 0.3) is 10.9 Å². The molecule has 2 aromatic carbocycles. The van der Waals surface area contributed by atoms with Gasteiger partial charge in [-0.2, -0.15) is 0 Å². The Balaban J connectivity index is 1.62. The molecule has 2 N–H and O–H groups in total. The molecule has 0 bridgehead atoms. The molecule has 8 heteroatoms. The Hall–Kier alpha value is -1.70. The molecule has 5 nitrogen and oxygen atoms in total. The molecule has 0 aliphatic rings. The van der Waals surface area contributed by atoms with E-state index < -0.39 is 10.0 Å². The Morgan fingerprint density at radius 1 is 1.00 bits per heavy atom. The Morgan fingerprint density at radius 2 is 1.85 bits per heavy atom. The van der Waals surface area contributed by atoms with Gasteiger partial charge in [0, 0.05) is 36.2 Å². The van der Waals surface area contributed by atoms with Gasteiger partial charge < -0.3 is 5.32 Å². The number of aromatic nitrogens is 1. The number of hydrogen-bond acceptors (Lipinski definition) is 4. The van der Waals surface area contributed by atoms with E-state index >= 15 is 0 Å². The van der Waals surface area contributed by atoms with Crippen LogP contribution in [0.5, 0.6) is 0 Å². The highest BCUT2D eigenvalue weighted by molar-refractivity contribution is 7.89. The molecule has 0 atom stereocenters. The molecular weight excluding hydrogens is 393 g/mol. The van der Waals surface area contributed by atoms with E-state index in [-0.39, 0.29) is 11.4 Å². The predicted molar refractivity (Wildman–Crippen MR) is 105 cm³/mol. The first-order valence-corrected chi connectivity index (χ1v) is 10.2. The minimum Gasteiger partial charge on any atom is -0.311 e. The molecule has 0 spiro atoms. The highest BCUT2D eigenvalue weighted by atomic mass is 35.5. The van der Waals surface area contributed by atoms with Crippen molar-refractivity contribution in [3.05, 3.63) is 70.3 Å². The summed E-state index contributed by atoms with van der Waals surface area (Å²) in [5.74, 6) is 0. The molecule has 0 saturated carbocycles. The van der Waals surface area contributed by atoms with Crippen LogP contribution in [-0.4, -0.2) is 26.5 Å². The van der Waals surface area contributed by atoms with Crippen LogP contribution in [0.4, 0.5) is 0 Å².